The van der Waals surface area contributed by atoms with Gasteiger partial charge in [0.25, 0.3) is 5.91 Å². The van der Waals surface area contributed by atoms with Crippen LogP contribution >= 0.6 is 0 Å². The number of tetrazole rings is 1. The maximum Gasteiger partial charge on any atom is 0.251 e. The lowest BCUT2D eigenvalue weighted by Gasteiger charge is -2.26. The Bertz CT molecular complexity index is 1120. The number of carbonyl (C=O) groups is 2. The van der Waals surface area contributed by atoms with Gasteiger partial charge in [0.2, 0.25) is 11.7 Å². The summed E-state index contributed by atoms with van der Waals surface area (Å²) >= 11 is 0. The van der Waals surface area contributed by atoms with Gasteiger partial charge in [0.15, 0.2) is 0 Å². The smallest absolute Gasteiger partial charge is 0.251 e. The summed E-state index contributed by atoms with van der Waals surface area (Å²) < 4.78 is 5.31. The first kappa shape index (κ1) is 23.4. The van der Waals surface area contributed by atoms with Crippen LogP contribution in [0.5, 0.6) is 5.75 Å². The maximum absolute atomic E-state index is 13.3. The van der Waals surface area contributed by atoms with Gasteiger partial charge in [-0.2, -0.15) is 4.80 Å². The van der Waals surface area contributed by atoms with E-state index in [-0.39, 0.29) is 30.9 Å². The van der Waals surface area contributed by atoms with E-state index in [1.807, 2.05) is 31.2 Å². The molecular formula is C25H30N6O3. The minimum atomic E-state index is -0.320. The molecule has 1 heterocycles. The van der Waals surface area contributed by atoms with Gasteiger partial charge in [0.1, 0.15) is 18.8 Å². The number of methoxy groups -OCH3 is 1. The molecule has 0 radical (unpaired) electrons. The van der Waals surface area contributed by atoms with Crippen LogP contribution in [0.2, 0.25) is 0 Å². The molecule has 2 amide bonds. The van der Waals surface area contributed by atoms with Gasteiger partial charge >= 0.3 is 0 Å². The summed E-state index contributed by atoms with van der Waals surface area (Å²) in [5, 5.41) is 15.6. The molecule has 3 aromatic rings. The van der Waals surface area contributed by atoms with Crippen LogP contribution in [-0.2, 0) is 16.1 Å². The number of hydrogen-bond donors (Lipinski definition) is 1. The Kier molecular flexibility index (Phi) is 7.51. The number of hydrogen-bond acceptors (Lipinski definition) is 6. The first-order chi connectivity index (χ1) is 16.5. The molecule has 1 aliphatic rings. The van der Waals surface area contributed by atoms with E-state index in [9.17, 15) is 9.59 Å². The van der Waals surface area contributed by atoms with Crippen molar-refractivity contribution in [2.45, 2.75) is 51.6 Å². The molecule has 9 nitrogen and oxygen atoms in total. The first-order valence-corrected chi connectivity index (χ1v) is 11.6. The fraction of sp³-hybridized carbons (Fsp3) is 0.400. The topological polar surface area (TPSA) is 102 Å². The second-order valence-corrected chi connectivity index (χ2v) is 8.59. The van der Waals surface area contributed by atoms with Crippen molar-refractivity contribution in [3.8, 4) is 17.1 Å². The van der Waals surface area contributed by atoms with Gasteiger partial charge in [-0.1, -0.05) is 55.2 Å². The lowest BCUT2D eigenvalue weighted by atomic mass is 9.95. The third-order valence-electron chi connectivity index (χ3n) is 5.98. The Balaban J connectivity index is 1.50. The number of nitrogens with zero attached hydrogens (tertiary/aromatic N) is 5. The summed E-state index contributed by atoms with van der Waals surface area (Å²) in [5.41, 5.74) is 2.52. The standard InChI is InChI=1S/C25H30N6O3/c1-18-11-13-19(14-12-18)25-27-29-31(28-25)17-24(33)30(21-9-6-10-22(15-21)34-2)16-23(32)26-20-7-4-3-5-8-20/h6,9-15,20H,3-5,7-8,16-17H2,1-2H3,(H,26,32). The molecule has 0 unspecified atom stereocenters. The number of aromatic nitrogens is 4. The van der Waals surface area contributed by atoms with Gasteiger partial charge in [-0.25, -0.2) is 0 Å². The zero-order chi connectivity index (χ0) is 23.9. The minimum absolute atomic E-state index is 0.0952. The van der Waals surface area contributed by atoms with Crippen LogP contribution in [0.25, 0.3) is 11.4 Å². The highest BCUT2D eigenvalue weighted by Gasteiger charge is 2.23. The van der Waals surface area contributed by atoms with Gasteiger partial charge in [-0.3, -0.25) is 9.59 Å². The van der Waals surface area contributed by atoms with E-state index in [0.717, 1.165) is 36.8 Å². The van der Waals surface area contributed by atoms with Crippen LogP contribution in [-0.4, -0.2) is 51.7 Å². The van der Waals surface area contributed by atoms with E-state index >= 15 is 0 Å². The Morgan fingerprint density at radius 2 is 1.88 bits per heavy atom. The van der Waals surface area contributed by atoms with Gasteiger partial charge < -0.3 is 15.0 Å². The molecule has 4 rings (SSSR count). The lowest BCUT2D eigenvalue weighted by molar-refractivity contribution is -0.124. The molecule has 0 aliphatic heterocycles. The monoisotopic (exact) mass is 462 g/mol. The van der Waals surface area contributed by atoms with E-state index < -0.39 is 0 Å². The lowest BCUT2D eigenvalue weighted by Crippen LogP contribution is -2.46. The fourth-order valence-electron chi connectivity index (χ4n) is 4.10. The van der Waals surface area contributed by atoms with E-state index in [0.29, 0.717) is 17.3 Å². The number of amides is 2. The SMILES string of the molecule is COc1cccc(N(CC(=O)NC2CCCCC2)C(=O)Cn2nnc(-c3ccc(C)cc3)n2)c1. The number of benzene rings is 2. The van der Waals surface area contributed by atoms with Crippen LogP contribution in [0.15, 0.2) is 48.5 Å². The maximum atomic E-state index is 13.3. The van der Waals surface area contributed by atoms with E-state index in [4.69, 9.17) is 4.74 Å². The van der Waals surface area contributed by atoms with Crippen molar-refractivity contribution >= 4 is 17.5 Å². The van der Waals surface area contributed by atoms with Crippen molar-refractivity contribution in [3.05, 3.63) is 54.1 Å². The van der Waals surface area contributed by atoms with Crippen molar-refractivity contribution in [1.82, 2.24) is 25.5 Å². The summed E-state index contributed by atoms with van der Waals surface area (Å²) in [6, 6.07) is 15.0. The van der Waals surface area contributed by atoms with Crippen LogP contribution in [0.3, 0.4) is 0 Å². The molecule has 1 aromatic heterocycles. The normalized spacial score (nSPS) is 13.9. The second-order valence-electron chi connectivity index (χ2n) is 8.59. The molecule has 178 valence electrons. The number of ether oxygens (including phenoxy) is 1. The third kappa shape index (κ3) is 5.98. The fourth-order valence-corrected chi connectivity index (χ4v) is 4.10. The summed E-state index contributed by atoms with van der Waals surface area (Å²) in [6.07, 6.45) is 5.39. The van der Waals surface area contributed by atoms with E-state index in [1.165, 1.54) is 16.1 Å². The summed E-state index contributed by atoms with van der Waals surface area (Å²) in [5.74, 6) is 0.536. The predicted molar refractivity (Wildman–Crippen MR) is 128 cm³/mol. The Morgan fingerprint density at radius 3 is 2.62 bits per heavy atom. The van der Waals surface area contributed by atoms with Crippen molar-refractivity contribution in [2.24, 2.45) is 0 Å². The number of carbonyl (C=O) groups excluding carboxylic acids is 2. The Labute approximate surface area is 199 Å². The average molecular weight is 463 g/mol. The zero-order valence-corrected chi connectivity index (χ0v) is 19.6. The molecule has 1 aliphatic carbocycles. The summed E-state index contributed by atoms with van der Waals surface area (Å²) in [6.45, 7) is 1.76. The second kappa shape index (κ2) is 10.9. The molecule has 2 aromatic carbocycles. The third-order valence-corrected chi connectivity index (χ3v) is 5.98. The van der Waals surface area contributed by atoms with Gasteiger partial charge in [0, 0.05) is 23.4 Å². The largest absolute Gasteiger partial charge is 0.497 e. The van der Waals surface area contributed by atoms with Gasteiger partial charge in [-0.15, -0.1) is 10.2 Å². The quantitative estimate of drug-likeness (QED) is 0.552. The molecule has 0 atom stereocenters. The molecule has 34 heavy (non-hydrogen) atoms. The van der Waals surface area contributed by atoms with Crippen LogP contribution in [0, 0.1) is 6.92 Å². The molecule has 0 spiro atoms. The van der Waals surface area contributed by atoms with Gasteiger partial charge in [0.05, 0.1) is 7.11 Å². The van der Waals surface area contributed by atoms with Crippen LogP contribution in [0.1, 0.15) is 37.7 Å². The van der Waals surface area contributed by atoms with Crippen LogP contribution in [0.4, 0.5) is 5.69 Å². The highest BCUT2D eigenvalue weighted by atomic mass is 16.5. The number of nitrogens with one attached hydrogen (secondary N) is 1. The molecule has 9 heteroatoms. The average Bonchev–Trinajstić information content (AvgIpc) is 3.32. The van der Waals surface area contributed by atoms with Crippen molar-refractivity contribution in [3.63, 3.8) is 0 Å². The molecular weight excluding hydrogens is 432 g/mol. The molecule has 1 fully saturated rings. The summed E-state index contributed by atoms with van der Waals surface area (Å²) in [4.78, 5) is 28.8. The van der Waals surface area contributed by atoms with Crippen molar-refractivity contribution in [2.75, 3.05) is 18.6 Å². The zero-order valence-electron chi connectivity index (χ0n) is 19.6. The van der Waals surface area contributed by atoms with Gasteiger partial charge in [-0.05, 0) is 37.1 Å². The Hall–Kier alpha value is -3.75. The molecule has 0 saturated heterocycles. The highest BCUT2D eigenvalue weighted by Crippen LogP contribution is 2.22. The number of anilines is 1. The molecule has 1 saturated carbocycles. The first-order valence-electron chi connectivity index (χ1n) is 11.6. The van der Waals surface area contributed by atoms with E-state index in [2.05, 4.69) is 20.7 Å². The van der Waals surface area contributed by atoms with E-state index in [1.54, 1.807) is 31.4 Å². The van der Waals surface area contributed by atoms with Crippen molar-refractivity contribution < 1.29 is 14.3 Å². The molecule has 1 N–H and O–H groups in total. The van der Waals surface area contributed by atoms with Crippen molar-refractivity contribution in [1.29, 1.82) is 0 Å². The summed E-state index contributed by atoms with van der Waals surface area (Å²) in [7, 11) is 1.56. The minimum Gasteiger partial charge on any atom is -0.497 e. The predicted octanol–water partition coefficient (Wildman–Crippen LogP) is 3.14. The van der Waals surface area contributed by atoms with Crippen LogP contribution < -0.4 is 15.0 Å². The molecule has 0 bridgehead atoms. The highest BCUT2D eigenvalue weighted by molar-refractivity contribution is 5.98. The number of aryl methyl sites for hydroxylation is 1. The Morgan fingerprint density at radius 1 is 1.12 bits per heavy atom. The number of rotatable bonds is 8.